The normalized spacial score (nSPS) is 19.4. The minimum atomic E-state index is -0.464. The quantitative estimate of drug-likeness (QED) is 0.735. The summed E-state index contributed by atoms with van der Waals surface area (Å²) < 4.78 is 5.00. The van der Waals surface area contributed by atoms with E-state index in [4.69, 9.17) is 10.2 Å². The Kier molecular flexibility index (Phi) is 2.14. The largest absolute Gasteiger partial charge is 0.417 e. The monoisotopic (exact) mass is 234 g/mol. The Morgan fingerprint density at radius 3 is 2.94 bits per heavy atom. The lowest BCUT2D eigenvalue weighted by Crippen LogP contribution is -2.25. The summed E-state index contributed by atoms with van der Waals surface area (Å²) in [6.07, 6.45) is 1.89. The number of aromatic amines is 1. The van der Waals surface area contributed by atoms with Crippen LogP contribution in [0.3, 0.4) is 0 Å². The summed E-state index contributed by atoms with van der Waals surface area (Å²) >= 11 is 0. The van der Waals surface area contributed by atoms with E-state index in [0.29, 0.717) is 11.1 Å². The Balaban J connectivity index is 2.03. The van der Waals surface area contributed by atoms with E-state index in [0.717, 1.165) is 18.4 Å². The zero-order chi connectivity index (χ0) is 12.0. The summed E-state index contributed by atoms with van der Waals surface area (Å²) in [6.45, 7) is 0.100. The van der Waals surface area contributed by atoms with Crippen molar-refractivity contribution in [1.29, 1.82) is 0 Å². The van der Waals surface area contributed by atoms with Crippen LogP contribution in [0.1, 0.15) is 24.4 Å². The molecule has 1 aromatic heterocycles. The van der Waals surface area contributed by atoms with Crippen molar-refractivity contribution in [1.82, 2.24) is 4.98 Å². The maximum Gasteiger partial charge on any atom is 0.417 e. The lowest BCUT2D eigenvalue weighted by Gasteiger charge is -2.21. The molecule has 3 rings (SSSR count). The van der Waals surface area contributed by atoms with Crippen molar-refractivity contribution in [3.63, 3.8) is 0 Å². The third-order valence-electron chi connectivity index (χ3n) is 3.67. The number of nitrogens with one attached hydrogen (secondary N) is 1. The van der Waals surface area contributed by atoms with Crippen molar-refractivity contribution >= 4 is 11.1 Å². The minimum Gasteiger partial charge on any atom is -0.408 e. The summed E-state index contributed by atoms with van der Waals surface area (Å²) in [6, 6.07) is 5.21. The van der Waals surface area contributed by atoms with Gasteiger partial charge in [-0.15, -0.1) is 0 Å². The second kappa shape index (κ2) is 3.45. The van der Waals surface area contributed by atoms with Crippen LogP contribution in [-0.2, 0) is 0 Å². The van der Waals surface area contributed by atoms with Gasteiger partial charge in [0.25, 0.3) is 0 Å². The molecule has 0 radical (unpaired) electrons. The van der Waals surface area contributed by atoms with Crippen molar-refractivity contribution in [2.24, 2.45) is 11.1 Å². The Hall–Kier alpha value is -1.59. The number of oxazole rings is 1. The van der Waals surface area contributed by atoms with E-state index in [-0.39, 0.29) is 18.1 Å². The van der Waals surface area contributed by atoms with Crippen LogP contribution in [0.4, 0.5) is 0 Å². The molecule has 0 saturated heterocycles. The van der Waals surface area contributed by atoms with Crippen LogP contribution in [0.15, 0.2) is 27.4 Å². The molecule has 1 aromatic carbocycles. The van der Waals surface area contributed by atoms with E-state index in [1.54, 1.807) is 12.1 Å². The first-order valence-corrected chi connectivity index (χ1v) is 5.64. The second-order valence-electron chi connectivity index (χ2n) is 4.77. The molecule has 5 nitrogen and oxygen atoms in total. The first kappa shape index (κ1) is 10.6. The van der Waals surface area contributed by atoms with Crippen LogP contribution in [0.5, 0.6) is 0 Å². The maximum absolute atomic E-state index is 11.0. The van der Waals surface area contributed by atoms with Gasteiger partial charge in [-0.3, -0.25) is 4.98 Å². The van der Waals surface area contributed by atoms with Gasteiger partial charge >= 0.3 is 5.76 Å². The first-order chi connectivity index (χ1) is 8.14. The van der Waals surface area contributed by atoms with E-state index >= 15 is 0 Å². The topological polar surface area (TPSA) is 92.3 Å². The van der Waals surface area contributed by atoms with E-state index in [1.807, 2.05) is 6.07 Å². The fourth-order valence-corrected chi connectivity index (χ4v) is 2.24. The molecular formula is C12H14N2O3. The molecule has 1 atom stereocenters. The summed E-state index contributed by atoms with van der Waals surface area (Å²) in [7, 11) is 0. The fourth-order valence-electron chi connectivity index (χ4n) is 2.24. The third-order valence-corrected chi connectivity index (χ3v) is 3.67. The number of aromatic nitrogens is 1. The molecule has 4 N–H and O–H groups in total. The molecule has 1 aliphatic carbocycles. The molecule has 1 unspecified atom stereocenters. The van der Waals surface area contributed by atoms with Crippen LogP contribution in [-0.4, -0.2) is 16.7 Å². The molecule has 0 spiro atoms. The molecule has 1 aliphatic rings. The highest BCUT2D eigenvalue weighted by Crippen LogP contribution is 2.53. The molecule has 90 valence electrons. The second-order valence-corrected chi connectivity index (χ2v) is 4.77. The number of aliphatic hydroxyl groups is 1. The summed E-state index contributed by atoms with van der Waals surface area (Å²) in [5, 5.41) is 9.35. The van der Waals surface area contributed by atoms with Crippen LogP contribution in [0.25, 0.3) is 11.1 Å². The SMILES string of the molecule is NC(c1ccc2[nH]c(=O)oc2c1)C1(CO)CC1. The van der Waals surface area contributed by atoms with Gasteiger partial charge in [-0.2, -0.15) is 0 Å². The Morgan fingerprint density at radius 2 is 2.29 bits per heavy atom. The number of H-pyrrole nitrogens is 1. The Morgan fingerprint density at radius 1 is 1.53 bits per heavy atom. The van der Waals surface area contributed by atoms with Gasteiger partial charge in [0.05, 0.1) is 12.1 Å². The molecule has 17 heavy (non-hydrogen) atoms. The zero-order valence-corrected chi connectivity index (χ0v) is 9.27. The Labute approximate surface area is 97.2 Å². The summed E-state index contributed by atoms with van der Waals surface area (Å²) in [5.41, 5.74) is 8.05. The van der Waals surface area contributed by atoms with Crippen LogP contribution in [0.2, 0.25) is 0 Å². The predicted molar refractivity (Wildman–Crippen MR) is 62.5 cm³/mol. The van der Waals surface area contributed by atoms with E-state index in [1.165, 1.54) is 0 Å². The van der Waals surface area contributed by atoms with E-state index in [9.17, 15) is 9.90 Å². The zero-order valence-electron chi connectivity index (χ0n) is 9.27. The Bertz CT molecular complexity index is 609. The minimum absolute atomic E-state index is 0.100. The van der Waals surface area contributed by atoms with Crippen LogP contribution < -0.4 is 11.5 Å². The van der Waals surface area contributed by atoms with Gasteiger partial charge in [-0.05, 0) is 30.5 Å². The van der Waals surface area contributed by atoms with E-state index in [2.05, 4.69) is 4.98 Å². The molecule has 0 amide bonds. The number of hydrogen-bond acceptors (Lipinski definition) is 4. The number of nitrogens with two attached hydrogens (primary N) is 1. The van der Waals surface area contributed by atoms with E-state index < -0.39 is 5.76 Å². The fraction of sp³-hybridized carbons (Fsp3) is 0.417. The summed E-state index contributed by atoms with van der Waals surface area (Å²) in [4.78, 5) is 13.6. The van der Waals surface area contributed by atoms with Crippen molar-refractivity contribution < 1.29 is 9.52 Å². The standard InChI is InChI=1S/C12H14N2O3/c13-10(12(6-15)3-4-12)7-1-2-8-9(5-7)17-11(16)14-8/h1-2,5,10,15H,3-4,6,13H2,(H,14,16). The van der Waals surface area contributed by atoms with Crippen LogP contribution in [0, 0.1) is 5.41 Å². The first-order valence-electron chi connectivity index (χ1n) is 5.64. The smallest absolute Gasteiger partial charge is 0.408 e. The highest BCUT2D eigenvalue weighted by atomic mass is 16.4. The molecule has 1 fully saturated rings. The van der Waals surface area contributed by atoms with Gasteiger partial charge in [0.1, 0.15) is 0 Å². The maximum atomic E-state index is 11.0. The number of benzene rings is 1. The molecule has 1 heterocycles. The third kappa shape index (κ3) is 1.59. The highest BCUT2D eigenvalue weighted by Gasteiger charge is 2.47. The van der Waals surface area contributed by atoms with Gasteiger partial charge in [-0.1, -0.05) is 6.07 Å². The van der Waals surface area contributed by atoms with Gasteiger partial charge in [-0.25, -0.2) is 4.79 Å². The van der Waals surface area contributed by atoms with Crippen molar-refractivity contribution in [2.75, 3.05) is 6.61 Å². The number of fused-ring (bicyclic) bond motifs is 1. The highest BCUT2D eigenvalue weighted by molar-refractivity contribution is 5.73. The lowest BCUT2D eigenvalue weighted by atomic mass is 9.91. The number of aliphatic hydroxyl groups excluding tert-OH is 1. The number of hydrogen-bond donors (Lipinski definition) is 3. The van der Waals surface area contributed by atoms with Gasteiger partial charge < -0.3 is 15.3 Å². The predicted octanol–water partition coefficient (Wildman–Crippen LogP) is 0.893. The van der Waals surface area contributed by atoms with Gasteiger partial charge in [0, 0.05) is 11.5 Å². The molecule has 5 heteroatoms. The van der Waals surface area contributed by atoms with Crippen molar-refractivity contribution in [3.05, 3.63) is 34.3 Å². The molecular weight excluding hydrogens is 220 g/mol. The average molecular weight is 234 g/mol. The van der Waals surface area contributed by atoms with Crippen molar-refractivity contribution in [3.8, 4) is 0 Å². The number of rotatable bonds is 3. The molecule has 2 aromatic rings. The van der Waals surface area contributed by atoms with Crippen molar-refractivity contribution in [2.45, 2.75) is 18.9 Å². The molecule has 1 saturated carbocycles. The van der Waals surface area contributed by atoms with Gasteiger partial charge in [0.2, 0.25) is 0 Å². The van der Waals surface area contributed by atoms with Crippen LogP contribution >= 0.6 is 0 Å². The molecule has 0 bridgehead atoms. The lowest BCUT2D eigenvalue weighted by molar-refractivity contribution is 0.188. The molecule has 0 aliphatic heterocycles. The van der Waals surface area contributed by atoms with Gasteiger partial charge in [0.15, 0.2) is 5.58 Å². The summed E-state index contributed by atoms with van der Waals surface area (Å²) in [5.74, 6) is -0.464. The average Bonchev–Trinajstić information content (AvgIpc) is 3.03.